The van der Waals surface area contributed by atoms with Gasteiger partial charge < -0.3 is 14.8 Å². The summed E-state index contributed by atoms with van der Waals surface area (Å²) in [6, 6.07) is 3.51. The van der Waals surface area contributed by atoms with Gasteiger partial charge in [-0.25, -0.2) is 0 Å². The van der Waals surface area contributed by atoms with E-state index >= 15 is 0 Å². The van der Waals surface area contributed by atoms with Crippen LogP contribution >= 0.6 is 0 Å². The van der Waals surface area contributed by atoms with Crippen LogP contribution in [-0.2, 0) is 15.7 Å². The number of anilines is 1. The molecule has 0 aliphatic heterocycles. The number of rotatable bonds is 10. The Balaban J connectivity index is 3.05. The normalized spacial score (nSPS) is 14.0. The number of unbranched alkanes of at least 4 members (excludes halogenated alkanes) is 1. The molecule has 0 fully saturated rings. The number of hydrogen-bond donors (Lipinski definition) is 1. The minimum absolute atomic E-state index is 0.0635. The average molecular weight is 375 g/mol. The van der Waals surface area contributed by atoms with Gasteiger partial charge in [0.1, 0.15) is 11.4 Å². The molecule has 26 heavy (non-hydrogen) atoms. The Morgan fingerprint density at radius 2 is 1.85 bits per heavy atom. The van der Waals surface area contributed by atoms with Gasteiger partial charge in [-0.1, -0.05) is 26.7 Å². The molecule has 0 saturated carbocycles. The van der Waals surface area contributed by atoms with Gasteiger partial charge in [0.05, 0.1) is 12.2 Å². The van der Waals surface area contributed by atoms with Crippen molar-refractivity contribution in [3.63, 3.8) is 0 Å². The lowest BCUT2D eigenvalue weighted by molar-refractivity contribution is -0.141. The van der Waals surface area contributed by atoms with Crippen molar-refractivity contribution in [1.82, 2.24) is 0 Å². The fraction of sp³-hybridized carbons (Fsp3) is 0.632. The van der Waals surface area contributed by atoms with Gasteiger partial charge in [0.15, 0.2) is 0 Å². The first kappa shape index (κ1) is 22.3. The van der Waals surface area contributed by atoms with Crippen LogP contribution in [0, 0.1) is 0 Å². The van der Waals surface area contributed by atoms with Gasteiger partial charge in [-0.05, 0) is 44.9 Å². The van der Waals surface area contributed by atoms with Crippen LogP contribution in [0.1, 0.15) is 58.9 Å². The molecule has 0 unspecified atom stereocenters. The Kier molecular flexibility index (Phi) is 8.40. The molecule has 1 amide bonds. The monoisotopic (exact) mass is 375 g/mol. The standard InChI is InChI=1S/C19H28F3NO3/c1-5-8-11-18(4,26-12-6-2)17(24)23-14-9-10-16(25-7-3)15(13-14)19(20,21)22/h9-10,13H,5-8,11-12H2,1-4H3,(H,23,24)/t18-/m1/s1. The Morgan fingerprint density at radius 1 is 1.15 bits per heavy atom. The van der Waals surface area contributed by atoms with E-state index in [1.54, 1.807) is 13.8 Å². The third-order valence-corrected chi connectivity index (χ3v) is 3.96. The first-order valence-corrected chi connectivity index (χ1v) is 8.97. The van der Waals surface area contributed by atoms with Crippen molar-refractivity contribution in [3.05, 3.63) is 23.8 Å². The molecule has 0 aromatic heterocycles. The molecule has 7 heteroatoms. The number of halogens is 3. The van der Waals surface area contributed by atoms with Crippen LogP contribution in [0.2, 0.25) is 0 Å². The molecule has 148 valence electrons. The molecule has 1 aromatic carbocycles. The Bertz CT molecular complexity index is 580. The fourth-order valence-electron chi connectivity index (χ4n) is 2.47. The van der Waals surface area contributed by atoms with E-state index < -0.39 is 23.2 Å². The van der Waals surface area contributed by atoms with Crippen molar-refractivity contribution in [2.45, 2.75) is 65.2 Å². The van der Waals surface area contributed by atoms with E-state index in [9.17, 15) is 18.0 Å². The van der Waals surface area contributed by atoms with E-state index in [1.807, 2.05) is 13.8 Å². The van der Waals surface area contributed by atoms with Crippen LogP contribution < -0.4 is 10.1 Å². The van der Waals surface area contributed by atoms with Gasteiger partial charge >= 0.3 is 6.18 Å². The van der Waals surface area contributed by atoms with Crippen LogP contribution in [-0.4, -0.2) is 24.7 Å². The van der Waals surface area contributed by atoms with E-state index in [-0.39, 0.29) is 18.0 Å². The van der Waals surface area contributed by atoms with E-state index in [2.05, 4.69) is 5.32 Å². The van der Waals surface area contributed by atoms with Gasteiger partial charge in [0.25, 0.3) is 5.91 Å². The summed E-state index contributed by atoms with van der Waals surface area (Å²) in [6.45, 7) is 7.74. The van der Waals surface area contributed by atoms with Crippen molar-refractivity contribution in [1.29, 1.82) is 0 Å². The molecule has 0 bridgehead atoms. The molecule has 4 nitrogen and oxygen atoms in total. The second kappa shape index (κ2) is 9.80. The first-order valence-electron chi connectivity index (χ1n) is 8.97. The largest absolute Gasteiger partial charge is 0.493 e. The quantitative estimate of drug-likeness (QED) is 0.594. The molecule has 0 saturated heterocycles. The van der Waals surface area contributed by atoms with Crippen LogP contribution in [0.4, 0.5) is 18.9 Å². The highest BCUT2D eigenvalue weighted by Crippen LogP contribution is 2.38. The van der Waals surface area contributed by atoms with Crippen LogP contribution in [0.3, 0.4) is 0 Å². The number of benzene rings is 1. The maximum absolute atomic E-state index is 13.2. The Morgan fingerprint density at radius 3 is 2.38 bits per heavy atom. The summed E-state index contributed by atoms with van der Waals surface area (Å²) in [5, 5.41) is 2.56. The summed E-state index contributed by atoms with van der Waals surface area (Å²) in [7, 11) is 0. The van der Waals surface area contributed by atoms with Crippen molar-refractivity contribution in [2.24, 2.45) is 0 Å². The number of ether oxygens (including phenoxy) is 2. The second-order valence-corrected chi connectivity index (χ2v) is 6.28. The lowest BCUT2D eigenvalue weighted by Gasteiger charge is -2.29. The van der Waals surface area contributed by atoms with Crippen molar-refractivity contribution in [3.8, 4) is 5.75 Å². The summed E-state index contributed by atoms with van der Waals surface area (Å²) in [5.74, 6) is -0.703. The number of nitrogens with one attached hydrogen (secondary N) is 1. The van der Waals surface area contributed by atoms with E-state index in [4.69, 9.17) is 9.47 Å². The highest BCUT2D eigenvalue weighted by atomic mass is 19.4. The highest BCUT2D eigenvalue weighted by molar-refractivity contribution is 5.97. The average Bonchev–Trinajstić information content (AvgIpc) is 2.58. The molecule has 1 N–H and O–H groups in total. The molecule has 1 atom stereocenters. The molecule has 0 aliphatic carbocycles. The van der Waals surface area contributed by atoms with Crippen LogP contribution in [0.5, 0.6) is 5.75 Å². The molecule has 0 radical (unpaired) electrons. The molecular formula is C19H28F3NO3. The number of carbonyl (C=O) groups is 1. The predicted molar refractivity (Wildman–Crippen MR) is 95.4 cm³/mol. The SMILES string of the molecule is CCCC[C@@](C)(OCCC)C(=O)Nc1ccc(OCC)c(C(F)(F)F)c1. The summed E-state index contributed by atoms with van der Waals surface area (Å²) in [5.41, 5.74) is -1.93. The topological polar surface area (TPSA) is 47.6 Å². The van der Waals surface area contributed by atoms with Gasteiger partial charge in [-0.15, -0.1) is 0 Å². The number of carbonyl (C=O) groups excluding carboxylic acids is 1. The zero-order chi connectivity index (χ0) is 19.8. The number of alkyl halides is 3. The predicted octanol–water partition coefficient (Wildman–Crippen LogP) is 5.42. The third-order valence-electron chi connectivity index (χ3n) is 3.96. The molecule has 0 heterocycles. The second-order valence-electron chi connectivity index (χ2n) is 6.28. The summed E-state index contributed by atoms with van der Waals surface area (Å²) < 4.78 is 50.5. The van der Waals surface area contributed by atoms with E-state index in [0.29, 0.717) is 13.0 Å². The smallest absolute Gasteiger partial charge is 0.420 e. The zero-order valence-electron chi connectivity index (χ0n) is 15.8. The molecular weight excluding hydrogens is 347 g/mol. The van der Waals surface area contributed by atoms with E-state index in [1.165, 1.54) is 12.1 Å². The van der Waals surface area contributed by atoms with Crippen LogP contribution in [0.25, 0.3) is 0 Å². The van der Waals surface area contributed by atoms with Crippen molar-refractivity contribution >= 4 is 11.6 Å². The molecule has 1 rings (SSSR count). The maximum Gasteiger partial charge on any atom is 0.420 e. The highest BCUT2D eigenvalue weighted by Gasteiger charge is 2.36. The Hall–Kier alpha value is -1.76. The Labute approximate surface area is 153 Å². The lowest BCUT2D eigenvalue weighted by atomic mass is 9.97. The minimum atomic E-state index is -4.57. The van der Waals surface area contributed by atoms with Gasteiger partial charge in [-0.2, -0.15) is 13.2 Å². The van der Waals surface area contributed by atoms with Gasteiger partial charge in [0.2, 0.25) is 0 Å². The zero-order valence-corrected chi connectivity index (χ0v) is 15.8. The summed E-state index contributed by atoms with van der Waals surface area (Å²) >= 11 is 0. The number of hydrogen-bond acceptors (Lipinski definition) is 3. The maximum atomic E-state index is 13.2. The summed E-state index contributed by atoms with van der Waals surface area (Å²) in [4.78, 5) is 12.7. The molecule has 0 spiro atoms. The fourth-order valence-corrected chi connectivity index (χ4v) is 2.47. The third kappa shape index (κ3) is 6.20. The van der Waals surface area contributed by atoms with Gasteiger partial charge in [-0.3, -0.25) is 4.79 Å². The minimum Gasteiger partial charge on any atom is -0.493 e. The first-order chi connectivity index (χ1) is 12.2. The number of amides is 1. The van der Waals surface area contributed by atoms with Gasteiger partial charge in [0, 0.05) is 12.3 Å². The summed E-state index contributed by atoms with van der Waals surface area (Å²) in [6.07, 6.45) is -1.66. The van der Waals surface area contributed by atoms with Crippen LogP contribution in [0.15, 0.2) is 18.2 Å². The molecule has 0 aliphatic rings. The van der Waals surface area contributed by atoms with E-state index in [0.717, 1.165) is 25.3 Å². The molecule has 1 aromatic rings. The van der Waals surface area contributed by atoms with Crippen molar-refractivity contribution < 1.29 is 27.4 Å². The van der Waals surface area contributed by atoms with Crippen molar-refractivity contribution in [2.75, 3.05) is 18.5 Å². The lowest BCUT2D eigenvalue weighted by Crippen LogP contribution is -2.43.